The molecular weight excluding hydrogens is 382 g/mol. The predicted molar refractivity (Wildman–Crippen MR) is 118 cm³/mol. The van der Waals surface area contributed by atoms with Crippen LogP contribution in [0.25, 0.3) is 21.1 Å². The van der Waals surface area contributed by atoms with Crippen molar-refractivity contribution in [3.63, 3.8) is 0 Å². The van der Waals surface area contributed by atoms with E-state index in [9.17, 15) is 4.79 Å². The van der Waals surface area contributed by atoms with Crippen LogP contribution in [0.15, 0.2) is 40.8 Å². The molecule has 5 nitrogen and oxygen atoms in total. The van der Waals surface area contributed by atoms with Crippen molar-refractivity contribution in [3.8, 4) is 0 Å². The van der Waals surface area contributed by atoms with Gasteiger partial charge in [0.1, 0.15) is 11.4 Å². The van der Waals surface area contributed by atoms with E-state index in [-0.39, 0.29) is 5.91 Å². The fraction of sp³-hybridized carbons (Fsp3) is 0.304. The Kier molecular flexibility index (Phi) is 4.32. The van der Waals surface area contributed by atoms with E-state index in [1.165, 1.54) is 27.2 Å². The molecule has 148 valence electrons. The average molecular weight is 406 g/mol. The number of benzene rings is 2. The number of rotatable bonds is 2. The maximum Gasteiger partial charge on any atom is 0.290 e. The minimum absolute atomic E-state index is 0.0152. The molecule has 6 heteroatoms. The smallest absolute Gasteiger partial charge is 0.290 e. The van der Waals surface area contributed by atoms with Crippen LogP contribution >= 0.6 is 11.5 Å². The van der Waals surface area contributed by atoms with Gasteiger partial charge in [-0.15, -0.1) is 0 Å². The molecule has 5 rings (SSSR count). The summed E-state index contributed by atoms with van der Waals surface area (Å²) in [5.74, 6) is 1.49. The number of furan rings is 1. The summed E-state index contributed by atoms with van der Waals surface area (Å²) in [6, 6.07) is 12.5. The van der Waals surface area contributed by atoms with Crippen LogP contribution in [-0.2, 0) is 0 Å². The number of nitrogens with zero attached hydrogens (tertiary/aromatic N) is 3. The summed E-state index contributed by atoms with van der Waals surface area (Å²) in [4.78, 5) is 17.4. The third kappa shape index (κ3) is 2.90. The highest BCUT2D eigenvalue weighted by Gasteiger charge is 2.28. The van der Waals surface area contributed by atoms with Crippen molar-refractivity contribution in [2.75, 3.05) is 31.1 Å². The van der Waals surface area contributed by atoms with Crippen LogP contribution in [-0.4, -0.2) is 41.4 Å². The zero-order valence-electron chi connectivity index (χ0n) is 16.9. The van der Waals surface area contributed by atoms with E-state index in [1.807, 2.05) is 30.9 Å². The molecule has 0 bridgehead atoms. The first kappa shape index (κ1) is 18.2. The van der Waals surface area contributed by atoms with Gasteiger partial charge in [0.25, 0.3) is 5.91 Å². The van der Waals surface area contributed by atoms with E-state index in [4.69, 9.17) is 4.42 Å². The molecule has 0 aliphatic carbocycles. The Labute approximate surface area is 173 Å². The molecule has 0 radical (unpaired) electrons. The van der Waals surface area contributed by atoms with E-state index in [1.54, 1.807) is 0 Å². The molecule has 2 aromatic heterocycles. The maximum absolute atomic E-state index is 13.2. The van der Waals surface area contributed by atoms with Crippen LogP contribution in [0.4, 0.5) is 5.82 Å². The van der Waals surface area contributed by atoms with Gasteiger partial charge in [0, 0.05) is 42.5 Å². The van der Waals surface area contributed by atoms with E-state index in [0.29, 0.717) is 18.8 Å². The highest BCUT2D eigenvalue weighted by molar-refractivity contribution is 7.13. The van der Waals surface area contributed by atoms with Crippen molar-refractivity contribution < 1.29 is 9.21 Å². The van der Waals surface area contributed by atoms with Gasteiger partial charge in [0.05, 0.1) is 4.70 Å². The first-order valence-corrected chi connectivity index (χ1v) is 10.7. The second kappa shape index (κ2) is 6.88. The lowest BCUT2D eigenvalue weighted by molar-refractivity contribution is 0.0716. The molecular formula is C23H23N3O2S. The Bertz CT molecular complexity index is 1230. The molecule has 0 atom stereocenters. The number of aromatic nitrogens is 1. The Balaban J connectivity index is 1.37. The first-order chi connectivity index (χ1) is 14.0. The average Bonchev–Trinajstić information content (AvgIpc) is 3.32. The summed E-state index contributed by atoms with van der Waals surface area (Å²) in [6.07, 6.45) is 0. The number of hydrogen-bond acceptors (Lipinski definition) is 5. The van der Waals surface area contributed by atoms with Crippen LogP contribution in [0.2, 0.25) is 0 Å². The van der Waals surface area contributed by atoms with Gasteiger partial charge in [-0.25, -0.2) is 0 Å². The van der Waals surface area contributed by atoms with Gasteiger partial charge >= 0.3 is 0 Å². The van der Waals surface area contributed by atoms with Crippen molar-refractivity contribution in [3.05, 3.63) is 58.8 Å². The lowest BCUT2D eigenvalue weighted by atomic mass is 10.0. The summed E-state index contributed by atoms with van der Waals surface area (Å²) < 4.78 is 11.9. The Morgan fingerprint density at radius 3 is 2.52 bits per heavy atom. The van der Waals surface area contributed by atoms with Crippen LogP contribution in [0, 0.1) is 20.8 Å². The third-order valence-corrected chi connectivity index (χ3v) is 6.86. The third-order valence-electron chi connectivity index (χ3n) is 6.04. The van der Waals surface area contributed by atoms with Crippen LogP contribution < -0.4 is 4.90 Å². The number of anilines is 1. The number of hydrogen-bond donors (Lipinski definition) is 0. The standard InChI is InChI=1S/C23H23N3O2S/c1-14-8-9-17-16(3)21(28-20(17)15(14)2)23(27)26-12-10-25(11-13-26)22-18-6-4-5-7-19(18)29-24-22/h4-9H,10-13H2,1-3H3. The van der Waals surface area contributed by atoms with Gasteiger partial charge in [-0.05, 0) is 55.6 Å². The zero-order valence-corrected chi connectivity index (χ0v) is 17.7. The minimum Gasteiger partial charge on any atom is -0.450 e. The monoisotopic (exact) mass is 405 g/mol. The van der Waals surface area contributed by atoms with Crippen LogP contribution in [0.5, 0.6) is 0 Å². The molecule has 1 fully saturated rings. The molecule has 1 aliphatic heterocycles. The fourth-order valence-electron chi connectivity index (χ4n) is 4.09. The molecule has 4 aromatic rings. The molecule has 0 unspecified atom stereocenters. The number of piperazine rings is 1. The lowest BCUT2D eigenvalue weighted by Gasteiger charge is -2.34. The normalized spacial score (nSPS) is 14.9. The van der Waals surface area contributed by atoms with E-state index < -0.39 is 0 Å². The van der Waals surface area contributed by atoms with Gasteiger partial charge in [-0.2, -0.15) is 4.37 Å². The van der Waals surface area contributed by atoms with Crippen LogP contribution in [0.1, 0.15) is 27.2 Å². The zero-order chi connectivity index (χ0) is 20.1. The fourth-order valence-corrected chi connectivity index (χ4v) is 4.88. The summed E-state index contributed by atoms with van der Waals surface area (Å²) in [6.45, 7) is 8.97. The number of aryl methyl sites for hydroxylation is 3. The molecule has 0 N–H and O–H groups in total. The first-order valence-electron chi connectivity index (χ1n) is 9.92. The van der Waals surface area contributed by atoms with Gasteiger partial charge in [0.2, 0.25) is 0 Å². The molecule has 2 aromatic carbocycles. The maximum atomic E-state index is 13.2. The number of carbonyl (C=O) groups excluding carboxylic acids is 1. The predicted octanol–water partition coefficient (Wildman–Crippen LogP) is 4.93. The Morgan fingerprint density at radius 2 is 1.72 bits per heavy atom. The second-order valence-corrected chi connectivity index (χ2v) is 8.53. The van der Waals surface area contributed by atoms with E-state index >= 15 is 0 Å². The Morgan fingerprint density at radius 1 is 0.966 bits per heavy atom. The highest BCUT2D eigenvalue weighted by Crippen LogP contribution is 2.32. The van der Waals surface area contributed by atoms with Crippen molar-refractivity contribution in [1.82, 2.24) is 9.27 Å². The van der Waals surface area contributed by atoms with Crippen molar-refractivity contribution in [2.24, 2.45) is 0 Å². The quantitative estimate of drug-likeness (QED) is 0.474. The van der Waals surface area contributed by atoms with Gasteiger partial charge in [-0.3, -0.25) is 4.79 Å². The number of carbonyl (C=O) groups is 1. The van der Waals surface area contributed by atoms with Crippen LogP contribution in [0.3, 0.4) is 0 Å². The Hall–Kier alpha value is -2.86. The van der Waals surface area contributed by atoms with Gasteiger partial charge in [-0.1, -0.05) is 24.3 Å². The SMILES string of the molecule is Cc1ccc2c(C)c(C(=O)N3CCN(c4nsc5ccccc45)CC3)oc2c1C. The summed E-state index contributed by atoms with van der Waals surface area (Å²) in [7, 11) is 0. The summed E-state index contributed by atoms with van der Waals surface area (Å²) >= 11 is 1.53. The number of amides is 1. The van der Waals surface area contributed by atoms with Crippen molar-refractivity contribution in [1.29, 1.82) is 0 Å². The highest BCUT2D eigenvalue weighted by atomic mass is 32.1. The molecule has 1 aliphatic rings. The summed E-state index contributed by atoms with van der Waals surface area (Å²) in [5.41, 5.74) is 4.04. The van der Waals surface area contributed by atoms with E-state index in [0.717, 1.165) is 41.0 Å². The topological polar surface area (TPSA) is 49.6 Å². The minimum atomic E-state index is -0.0152. The van der Waals surface area contributed by atoms with Crippen molar-refractivity contribution >= 4 is 44.3 Å². The number of fused-ring (bicyclic) bond motifs is 2. The largest absolute Gasteiger partial charge is 0.450 e. The molecule has 3 heterocycles. The lowest BCUT2D eigenvalue weighted by Crippen LogP contribution is -2.49. The molecule has 1 amide bonds. The van der Waals surface area contributed by atoms with E-state index in [2.05, 4.69) is 40.5 Å². The van der Waals surface area contributed by atoms with Gasteiger partial charge in [0.15, 0.2) is 5.76 Å². The van der Waals surface area contributed by atoms with Gasteiger partial charge < -0.3 is 14.2 Å². The molecule has 0 spiro atoms. The molecule has 1 saturated heterocycles. The molecule has 0 saturated carbocycles. The van der Waals surface area contributed by atoms with Crippen molar-refractivity contribution in [2.45, 2.75) is 20.8 Å². The second-order valence-electron chi connectivity index (χ2n) is 7.72. The summed E-state index contributed by atoms with van der Waals surface area (Å²) in [5, 5.41) is 2.22. The molecule has 29 heavy (non-hydrogen) atoms.